The molecule has 0 saturated heterocycles. The van der Waals surface area contributed by atoms with Gasteiger partial charge in [-0.25, -0.2) is 18.7 Å². The van der Waals surface area contributed by atoms with Gasteiger partial charge < -0.3 is 4.74 Å². The molecule has 3 aromatic heterocycles. The van der Waals surface area contributed by atoms with Gasteiger partial charge in [0.15, 0.2) is 0 Å². The Balaban J connectivity index is 1.70. The molecule has 0 amide bonds. The zero-order valence-electron chi connectivity index (χ0n) is 13.8. The van der Waals surface area contributed by atoms with E-state index in [-0.39, 0.29) is 5.82 Å². The predicted molar refractivity (Wildman–Crippen MR) is 97.7 cm³/mol. The molecule has 4 aromatic rings. The number of rotatable bonds is 4. The summed E-state index contributed by atoms with van der Waals surface area (Å²) in [6, 6.07) is 10.2. The molecular weight excluding hydrogens is 353 g/mol. The van der Waals surface area contributed by atoms with Crippen LogP contribution in [0.3, 0.4) is 0 Å². The second kappa shape index (κ2) is 6.68. The number of halogens is 1. The van der Waals surface area contributed by atoms with Crippen LogP contribution in [0.5, 0.6) is 0 Å². The van der Waals surface area contributed by atoms with Gasteiger partial charge in [-0.1, -0.05) is 18.2 Å². The molecule has 5 nitrogen and oxygen atoms in total. The number of pyridine rings is 1. The second-order valence-corrected chi connectivity index (χ2v) is 6.43. The highest BCUT2D eigenvalue weighted by Crippen LogP contribution is 2.28. The van der Waals surface area contributed by atoms with E-state index in [0.717, 1.165) is 22.2 Å². The number of fused-ring (bicyclic) bond motifs is 1. The van der Waals surface area contributed by atoms with Crippen LogP contribution in [0.1, 0.15) is 16.7 Å². The van der Waals surface area contributed by atoms with Gasteiger partial charge in [0.2, 0.25) is 5.01 Å². The first-order valence-corrected chi connectivity index (χ1v) is 8.90. The van der Waals surface area contributed by atoms with E-state index in [0.29, 0.717) is 17.3 Å². The summed E-state index contributed by atoms with van der Waals surface area (Å²) in [7, 11) is 0. The summed E-state index contributed by atoms with van der Waals surface area (Å²) in [6.07, 6.45) is 3.60. The van der Waals surface area contributed by atoms with Gasteiger partial charge in [0.25, 0.3) is 0 Å². The van der Waals surface area contributed by atoms with Crippen LogP contribution >= 0.6 is 11.3 Å². The molecule has 0 saturated carbocycles. The number of carbonyl (C=O) groups is 1. The van der Waals surface area contributed by atoms with Crippen molar-refractivity contribution in [3.8, 4) is 22.4 Å². The summed E-state index contributed by atoms with van der Waals surface area (Å²) < 4.78 is 19.8. The topological polar surface area (TPSA) is 56.5 Å². The van der Waals surface area contributed by atoms with Gasteiger partial charge in [-0.05, 0) is 30.7 Å². The summed E-state index contributed by atoms with van der Waals surface area (Å²) in [5.41, 5.74) is 4.22. The third kappa shape index (κ3) is 2.97. The van der Waals surface area contributed by atoms with E-state index in [9.17, 15) is 9.18 Å². The molecule has 0 radical (unpaired) electrons. The fraction of sp³-hybridized carbons (Fsp3) is 0.105. The van der Waals surface area contributed by atoms with Crippen molar-refractivity contribution in [3.05, 3.63) is 65.0 Å². The van der Waals surface area contributed by atoms with Gasteiger partial charge >= 0.3 is 5.97 Å². The SMILES string of the molecule is CCOC(=O)c1nc(-c2cnn3cc(-c4ccc(F)cc4)ccc23)cs1. The minimum absolute atomic E-state index is 0.267. The number of aromatic nitrogens is 3. The minimum Gasteiger partial charge on any atom is -0.461 e. The molecule has 0 aliphatic rings. The van der Waals surface area contributed by atoms with Crippen LogP contribution in [-0.4, -0.2) is 27.2 Å². The molecule has 0 N–H and O–H groups in total. The van der Waals surface area contributed by atoms with Gasteiger partial charge in [0, 0.05) is 22.7 Å². The maximum absolute atomic E-state index is 13.1. The summed E-state index contributed by atoms with van der Waals surface area (Å²) in [4.78, 5) is 16.2. The van der Waals surface area contributed by atoms with Crippen molar-refractivity contribution >= 4 is 22.8 Å². The lowest BCUT2D eigenvalue weighted by molar-refractivity contribution is 0.0526. The van der Waals surface area contributed by atoms with Crippen LogP contribution in [0.2, 0.25) is 0 Å². The van der Waals surface area contributed by atoms with Crippen molar-refractivity contribution in [3.63, 3.8) is 0 Å². The second-order valence-electron chi connectivity index (χ2n) is 5.57. The molecule has 0 unspecified atom stereocenters. The number of thiazole rings is 1. The highest BCUT2D eigenvalue weighted by Gasteiger charge is 2.16. The van der Waals surface area contributed by atoms with Crippen LogP contribution in [0.4, 0.5) is 4.39 Å². The highest BCUT2D eigenvalue weighted by molar-refractivity contribution is 7.11. The summed E-state index contributed by atoms with van der Waals surface area (Å²) in [5, 5.41) is 6.52. The summed E-state index contributed by atoms with van der Waals surface area (Å²) in [5.74, 6) is -0.684. The van der Waals surface area contributed by atoms with Crippen LogP contribution in [0.15, 0.2) is 54.2 Å². The van der Waals surface area contributed by atoms with Crippen LogP contribution in [0, 0.1) is 5.82 Å². The number of hydrogen-bond acceptors (Lipinski definition) is 5. The Morgan fingerprint density at radius 2 is 1.96 bits per heavy atom. The Kier molecular flexibility index (Phi) is 4.22. The average molecular weight is 367 g/mol. The number of hydrogen-bond donors (Lipinski definition) is 0. The third-order valence-corrected chi connectivity index (χ3v) is 4.75. The van der Waals surface area contributed by atoms with Crippen molar-refractivity contribution < 1.29 is 13.9 Å². The Labute approximate surface area is 152 Å². The van der Waals surface area contributed by atoms with Crippen molar-refractivity contribution in [2.24, 2.45) is 0 Å². The van der Waals surface area contributed by atoms with E-state index in [1.54, 1.807) is 29.8 Å². The molecule has 26 heavy (non-hydrogen) atoms. The minimum atomic E-state index is -0.418. The number of nitrogens with zero attached hydrogens (tertiary/aromatic N) is 3. The van der Waals surface area contributed by atoms with Crippen LogP contribution < -0.4 is 0 Å². The molecule has 0 fully saturated rings. The van der Waals surface area contributed by atoms with E-state index < -0.39 is 5.97 Å². The van der Waals surface area contributed by atoms with E-state index in [1.807, 2.05) is 23.7 Å². The molecule has 0 aliphatic carbocycles. The van der Waals surface area contributed by atoms with Gasteiger partial charge in [0.1, 0.15) is 5.82 Å². The Morgan fingerprint density at radius 1 is 1.19 bits per heavy atom. The first-order chi connectivity index (χ1) is 12.7. The lowest BCUT2D eigenvalue weighted by Gasteiger charge is -2.03. The van der Waals surface area contributed by atoms with E-state index in [4.69, 9.17) is 4.74 Å². The number of esters is 1. The molecule has 0 aliphatic heterocycles. The maximum Gasteiger partial charge on any atom is 0.367 e. The van der Waals surface area contributed by atoms with Gasteiger partial charge in [0.05, 0.1) is 24.0 Å². The summed E-state index contributed by atoms with van der Waals surface area (Å²) >= 11 is 1.25. The largest absolute Gasteiger partial charge is 0.461 e. The molecular formula is C19H14FN3O2S. The average Bonchev–Trinajstić information content (AvgIpc) is 3.29. The van der Waals surface area contributed by atoms with E-state index in [1.165, 1.54) is 23.5 Å². The number of carbonyl (C=O) groups excluding carboxylic acids is 1. The van der Waals surface area contributed by atoms with Gasteiger partial charge in [-0.3, -0.25) is 0 Å². The first kappa shape index (κ1) is 16.4. The maximum atomic E-state index is 13.1. The van der Waals surface area contributed by atoms with Gasteiger partial charge in [-0.15, -0.1) is 11.3 Å². The zero-order valence-corrected chi connectivity index (χ0v) is 14.7. The Bertz CT molecular complexity index is 1090. The number of ether oxygens (including phenoxy) is 1. The normalized spacial score (nSPS) is 11.0. The molecule has 1 aromatic carbocycles. The third-order valence-electron chi connectivity index (χ3n) is 3.92. The van der Waals surface area contributed by atoms with Crippen LogP contribution in [0.25, 0.3) is 27.9 Å². The zero-order chi connectivity index (χ0) is 18.1. The summed E-state index contributed by atoms with van der Waals surface area (Å²) in [6.45, 7) is 2.08. The molecule has 0 bridgehead atoms. The monoisotopic (exact) mass is 367 g/mol. The molecule has 130 valence electrons. The lowest BCUT2D eigenvalue weighted by atomic mass is 10.1. The van der Waals surface area contributed by atoms with Crippen molar-refractivity contribution in [2.45, 2.75) is 6.92 Å². The lowest BCUT2D eigenvalue weighted by Crippen LogP contribution is -2.03. The van der Waals surface area contributed by atoms with E-state index in [2.05, 4.69) is 10.1 Å². The molecule has 3 heterocycles. The van der Waals surface area contributed by atoms with Crippen molar-refractivity contribution in [2.75, 3.05) is 6.61 Å². The number of benzene rings is 1. The van der Waals surface area contributed by atoms with Crippen molar-refractivity contribution in [1.29, 1.82) is 0 Å². The molecule has 0 atom stereocenters. The van der Waals surface area contributed by atoms with Crippen molar-refractivity contribution in [1.82, 2.24) is 14.6 Å². The predicted octanol–water partition coefficient (Wildman–Crippen LogP) is 4.44. The van der Waals surface area contributed by atoms with Crippen LogP contribution in [-0.2, 0) is 4.74 Å². The smallest absolute Gasteiger partial charge is 0.367 e. The Hall–Kier alpha value is -3.06. The molecule has 4 rings (SSSR count). The quantitative estimate of drug-likeness (QED) is 0.500. The first-order valence-electron chi connectivity index (χ1n) is 8.02. The highest BCUT2D eigenvalue weighted by atomic mass is 32.1. The standard InChI is InChI=1S/C19H14FN3O2S/c1-2-25-19(24)18-22-16(11-26-18)15-9-21-23-10-13(5-8-17(15)23)12-3-6-14(20)7-4-12/h3-11H,2H2,1H3. The Morgan fingerprint density at radius 3 is 2.73 bits per heavy atom. The fourth-order valence-corrected chi connectivity index (χ4v) is 3.39. The van der Waals surface area contributed by atoms with E-state index >= 15 is 0 Å². The molecule has 0 spiro atoms. The molecule has 7 heteroatoms. The van der Waals surface area contributed by atoms with Gasteiger partial charge in [-0.2, -0.15) is 5.10 Å². The fourth-order valence-electron chi connectivity index (χ4n) is 2.68.